The average molecular weight is 446 g/mol. The Morgan fingerprint density at radius 1 is 0.812 bits per heavy atom. The van der Waals surface area contributed by atoms with Crippen LogP contribution in [0.5, 0.6) is 0 Å². The van der Waals surface area contributed by atoms with Crippen LogP contribution < -0.4 is 5.32 Å². The Labute approximate surface area is 188 Å². The van der Waals surface area contributed by atoms with E-state index in [4.69, 9.17) is 4.74 Å². The second-order valence-electron chi connectivity index (χ2n) is 6.86. The Kier molecular flexibility index (Phi) is 6.32. The lowest BCUT2D eigenvalue weighted by Gasteiger charge is -2.14. The Bertz CT molecular complexity index is 1160. The quantitative estimate of drug-likeness (QED) is 0.440. The second kappa shape index (κ2) is 9.49. The zero-order valence-electron chi connectivity index (χ0n) is 16.8. The van der Waals surface area contributed by atoms with Crippen LogP contribution in [0.1, 0.15) is 20.7 Å². The van der Waals surface area contributed by atoms with Crippen molar-refractivity contribution < 1.29 is 23.9 Å². The van der Waals surface area contributed by atoms with E-state index in [-0.39, 0.29) is 11.1 Å². The monoisotopic (exact) mass is 446 g/mol. The molecule has 0 radical (unpaired) electrons. The summed E-state index contributed by atoms with van der Waals surface area (Å²) in [5.41, 5.74) is 1.08. The maximum absolute atomic E-state index is 12.3. The van der Waals surface area contributed by atoms with E-state index in [0.717, 1.165) is 14.7 Å². The maximum Gasteiger partial charge on any atom is 0.326 e. The van der Waals surface area contributed by atoms with Gasteiger partial charge in [-0.3, -0.25) is 24.1 Å². The molecule has 0 bridgehead atoms. The third-order valence-electron chi connectivity index (χ3n) is 4.66. The van der Waals surface area contributed by atoms with Crippen LogP contribution in [-0.2, 0) is 14.3 Å². The number of para-hydroxylation sites is 1. The molecular weight excluding hydrogens is 428 g/mol. The minimum atomic E-state index is -0.846. The SMILES string of the molecule is O=C(COC(=O)CN1C(=O)c2ccccc2C1=O)Nc1ccccc1Sc1ccccc1. The lowest BCUT2D eigenvalue weighted by atomic mass is 10.1. The van der Waals surface area contributed by atoms with Gasteiger partial charge < -0.3 is 10.1 Å². The molecule has 0 spiro atoms. The number of ether oxygens (including phenoxy) is 1. The zero-order chi connectivity index (χ0) is 22.5. The van der Waals surface area contributed by atoms with Gasteiger partial charge in [-0.1, -0.05) is 54.2 Å². The molecule has 1 heterocycles. The molecule has 0 saturated heterocycles. The Hall–Kier alpha value is -3.91. The van der Waals surface area contributed by atoms with Crippen LogP contribution in [0.4, 0.5) is 5.69 Å². The molecular formula is C24H18N2O5S. The second-order valence-corrected chi connectivity index (χ2v) is 7.98. The molecule has 1 N–H and O–H groups in total. The van der Waals surface area contributed by atoms with E-state index >= 15 is 0 Å². The highest BCUT2D eigenvalue weighted by molar-refractivity contribution is 7.99. The number of carbonyl (C=O) groups is 4. The van der Waals surface area contributed by atoms with E-state index in [1.165, 1.54) is 23.9 Å². The number of hydrogen-bond acceptors (Lipinski definition) is 6. The fourth-order valence-corrected chi connectivity index (χ4v) is 4.09. The van der Waals surface area contributed by atoms with Gasteiger partial charge in [0.15, 0.2) is 6.61 Å². The highest BCUT2D eigenvalue weighted by Crippen LogP contribution is 2.33. The van der Waals surface area contributed by atoms with Gasteiger partial charge in [0.1, 0.15) is 6.54 Å². The number of rotatable bonds is 7. The number of nitrogens with one attached hydrogen (secondary N) is 1. The number of imide groups is 1. The van der Waals surface area contributed by atoms with Crippen molar-refractivity contribution in [2.75, 3.05) is 18.5 Å². The third-order valence-corrected chi connectivity index (χ3v) is 5.75. The summed E-state index contributed by atoms with van der Waals surface area (Å²) in [5, 5.41) is 2.73. The Morgan fingerprint density at radius 2 is 1.41 bits per heavy atom. The van der Waals surface area contributed by atoms with Gasteiger partial charge in [-0.15, -0.1) is 0 Å². The number of esters is 1. The van der Waals surface area contributed by atoms with E-state index in [2.05, 4.69) is 5.32 Å². The van der Waals surface area contributed by atoms with Crippen molar-refractivity contribution in [2.24, 2.45) is 0 Å². The molecule has 0 atom stereocenters. The fourth-order valence-electron chi connectivity index (χ4n) is 3.16. The molecule has 4 rings (SSSR count). The largest absolute Gasteiger partial charge is 0.454 e. The van der Waals surface area contributed by atoms with Crippen molar-refractivity contribution in [1.29, 1.82) is 0 Å². The molecule has 0 aliphatic carbocycles. The van der Waals surface area contributed by atoms with Gasteiger partial charge in [0.25, 0.3) is 17.7 Å². The molecule has 0 fully saturated rings. The molecule has 160 valence electrons. The van der Waals surface area contributed by atoms with E-state index in [0.29, 0.717) is 5.69 Å². The summed E-state index contributed by atoms with van der Waals surface area (Å²) in [6.45, 7) is -1.09. The third kappa shape index (κ3) is 4.70. The fraction of sp³-hybridized carbons (Fsp3) is 0.0833. The summed E-state index contributed by atoms with van der Waals surface area (Å²) < 4.78 is 4.99. The first kappa shape index (κ1) is 21.3. The summed E-state index contributed by atoms with van der Waals surface area (Å²) in [5.74, 6) is -2.49. The first-order valence-electron chi connectivity index (χ1n) is 9.75. The molecule has 3 amide bonds. The maximum atomic E-state index is 12.3. The molecule has 1 aliphatic rings. The number of benzene rings is 3. The topological polar surface area (TPSA) is 92.8 Å². The molecule has 8 heteroatoms. The van der Waals surface area contributed by atoms with Gasteiger partial charge in [-0.2, -0.15) is 0 Å². The smallest absolute Gasteiger partial charge is 0.326 e. The van der Waals surface area contributed by atoms with Crippen molar-refractivity contribution in [1.82, 2.24) is 4.90 Å². The van der Waals surface area contributed by atoms with Crippen LogP contribution in [0.15, 0.2) is 88.7 Å². The van der Waals surface area contributed by atoms with E-state index in [9.17, 15) is 19.2 Å². The highest BCUT2D eigenvalue weighted by Gasteiger charge is 2.36. The van der Waals surface area contributed by atoms with Crippen molar-refractivity contribution >= 4 is 41.1 Å². The minimum Gasteiger partial charge on any atom is -0.454 e. The molecule has 3 aromatic rings. The van der Waals surface area contributed by atoms with Crippen LogP contribution in [-0.4, -0.2) is 41.7 Å². The summed E-state index contributed by atoms with van der Waals surface area (Å²) in [7, 11) is 0. The summed E-state index contributed by atoms with van der Waals surface area (Å²) >= 11 is 1.49. The molecule has 0 unspecified atom stereocenters. The summed E-state index contributed by atoms with van der Waals surface area (Å²) in [6.07, 6.45) is 0. The zero-order valence-corrected chi connectivity index (χ0v) is 17.6. The number of fused-ring (bicyclic) bond motifs is 1. The molecule has 7 nitrogen and oxygen atoms in total. The lowest BCUT2D eigenvalue weighted by molar-refractivity contribution is -0.147. The predicted molar refractivity (Wildman–Crippen MR) is 118 cm³/mol. The molecule has 1 aliphatic heterocycles. The van der Waals surface area contributed by atoms with Crippen LogP contribution in [0.2, 0.25) is 0 Å². The molecule has 0 saturated carbocycles. The first-order chi connectivity index (χ1) is 15.5. The normalized spacial score (nSPS) is 12.4. The van der Waals surface area contributed by atoms with Crippen molar-refractivity contribution in [3.63, 3.8) is 0 Å². The highest BCUT2D eigenvalue weighted by atomic mass is 32.2. The van der Waals surface area contributed by atoms with Gasteiger partial charge in [-0.25, -0.2) is 0 Å². The van der Waals surface area contributed by atoms with Gasteiger partial charge in [0.05, 0.1) is 16.8 Å². The van der Waals surface area contributed by atoms with Gasteiger partial charge >= 0.3 is 5.97 Å². The van der Waals surface area contributed by atoms with Crippen molar-refractivity contribution in [3.05, 3.63) is 90.0 Å². The molecule has 0 aromatic heterocycles. The Morgan fingerprint density at radius 3 is 2.09 bits per heavy atom. The standard InChI is InChI=1S/C24H18N2O5S/c27-21(25-19-12-6-7-13-20(19)32-16-8-2-1-3-9-16)15-31-22(28)14-26-23(29)17-10-4-5-11-18(17)24(26)30/h1-13H,14-15H2,(H,25,27). The number of hydrogen-bond donors (Lipinski definition) is 1. The van der Waals surface area contributed by atoms with Crippen LogP contribution in [0.3, 0.4) is 0 Å². The van der Waals surface area contributed by atoms with Crippen molar-refractivity contribution in [2.45, 2.75) is 9.79 Å². The van der Waals surface area contributed by atoms with Crippen LogP contribution >= 0.6 is 11.8 Å². The molecule has 32 heavy (non-hydrogen) atoms. The van der Waals surface area contributed by atoms with Crippen LogP contribution in [0.25, 0.3) is 0 Å². The van der Waals surface area contributed by atoms with Gasteiger partial charge in [-0.05, 0) is 36.4 Å². The number of anilines is 1. The number of carbonyl (C=O) groups excluding carboxylic acids is 4. The minimum absolute atomic E-state index is 0.246. The molecule has 3 aromatic carbocycles. The van der Waals surface area contributed by atoms with Gasteiger partial charge in [0, 0.05) is 9.79 Å². The van der Waals surface area contributed by atoms with Crippen molar-refractivity contribution in [3.8, 4) is 0 Å². The Balaban J connectivity index is 1.32. The van der Waals surface area contributed by atoms with E-state index in [1.54, 1.807) is 24.3 Å². The first-order valence-corrected chi connectivity index (χ1v) is 10.6. The summed E-state index contributed by atoms with van der Waals surface area (Å²) in [4.78, 5) is 51.8. The average Bonchev–Trinajstić information content (AvgIpc) is 3.05. The number of nitrogens with zero attached hydrogens (tertiary/aromatic N) is 1. The van der Waals surface area contributed by atoms with Crippen LogP contribution in [0, 0.1) is 0 Å². The van der Waals surface area contributed by atoms with Gasteiger partial charge in [0.2, 0.25) is 0 Å². The predicted octanol–water partition coefficient (Wildman–Crippen LogP) is 3.62. The van der Waals surface area contributed by atoms with E-state index in [1.807, 2.05) is 42.5 Å². The summed E-state index contributed by atoms with van der Waals surface area (Å²) in [6, 6.07) is 23.3. The van der Waals surface area contributed by atoms with E-state index < -0.39 is 36.8 Å². The lowest BCUT2D eigenvalue weighted by Crippen LogP contribution is -2.36. The number of amides is 3.